The topological polar surface area (TPSA) is 84.4 Å². The van der Waals surface area contributed by atoms with Gasteiger partial charge in [-0.15, -0.1) is 0 Å². The van der Waals surface area contributed by atoms with Gasteiger partial charge in [-0.25, -0.2) is 9.78 Å². The minimum atomic E-state index is -0.919. The van der Waals surface area contributed by atoms with Crippen LogP contribution in [-0.2, 0) is 22.5 Å². The number of hydrogen-bond donors (Lipinski definition) is 1. The Bertz CT molecular complexity index is 1140. The monoisotopic (exact) mass is 418 g/mol. The fraction of sp³-hybridized carbons (Fsp3) is 0.333. The summed E-state index contributed by atoms with van der Waals surface area (Å²) < 4.78 is 5.74. The van der Waals surface area contributed by atoms with E-state index in [2.05, 4.69) is 15.2 Å². The van der Waals surface area contributed by atoms with Crippen molar-refractivity contribution in [3.05, 3.63) is 65.0 Å². The van der Waals surface area contributed by atoms with Crippen LogP contribution in [0.25, 0.3) is 10.9 Å². The zero-order chi connectivity index (χ0) is 22.0. The van der Waals surface area contributed by atoms with Crippen LogP contribution in [0, 0.1) is 6.92 Å². The average molecular weight is 418 g/mol. The van der Waals surface area contributed by atoms with E-state index in [-0.39, 0.29) is 5.91 Å². The van der Waals surface area contributed by atoms with E-state index in [9.17, 15) is 9.59 Å². The molecule has 0 saturated carbocycles. The highest BCUT2D eigenvalue weighted by molar-refractivity contribution is 6.06. The summed E-state index contributed by atoms with van der Waals surface area (Å²) in [5.74, 6) is -0.415. The molecule has 0 saturated heterocycles. The lowest BCUT2D eigenvalue weighted by atomic mass is 9.96. The number of hydrogen-bond acceptors (Lipinski definition) is 6. The van der Waals surface area contributed by atoms with Gasteiger partial charge in [-0.05, 0) is 38.1 Å². The number of aryl methyl sites for hydroxylation is 1. The van der Waals surface area contributed by atoms with Crippen LogP contribution in [0.4, 0.5) is 5.82 Å². The summed E-state index contributed by atoms with van der Waals surface area (Å²) in [4.78, 5) is 37.3. The maximum atomic E-state index is 13.4. The molecule has 1 atom stereocenters. The lowest BCUT2D eigenvalue weighted by Gasteiger charge is -2.27. The Hall–Kier alpha value is -3.32. The summed E-state index contributed by atoms with van der Waals surface area (Å²) in [6.45, 7) is 5.18. The fourth-order valence-electron chi connectivity index (χ4n) is 3.88. The number of likely N-dealkylation sites (N-methyl/N-ethyl adjacent to an activating group) is 1. The van der Waals surface area contributed by atoms with Crippen molar-refractivity contribution in [2.24, 2.45) is 0 Å². The summed E-state index contributed by atoms with van der Waals surface area (Å²) in [7, 11) is 2.02. The highest BCUT2D eigenvalue weighted by Gasteiger charge is 2.29. The molecule has 0 radical (unpaired) electrons. The van der Waals surface area contributed by atoms with E-state index >= 15 is 0 Å². The Kier molecular flexibility index (Phi) is 5.95. The van der Waals surface area contributed by atoms with Crippen molar-refractivity contribution >= 4 is 28.6 Å². The number of para-hydroxylation sites is 1. The molecule has 1 aromatic carbocycles. The number of carbonyl (C=O) groups excluding carboxylic acids is 2. The number of ether oxygens (including phenoxy) is 1. The molecule has 1 aliphatic heterocycles. The lowest BCUT2D eigenvalue weighted by Crippen LogP contribution is -2.34. The van der Waals surface area contributed by atoms with Crippen LogP contribution in [-0.4, -0.2) is 46.4 Å². The van der Waals surface area contributed by atoms with Gasteiger partial charge in [-0.3, -0.25) is 9.78 Å². The van der Waals surface area contributed by atoms with Crippen molar-refractivity contribution in [2.45, 2.75) is 39.3 Å². The van der Waals surface area contributed by atoms with Crippen LogP contribution >= 0.6 is 0 Å². The first-order valence-corrected chi connectivity index (χ1v) is 10.5. The van der Waals surface area contributed by atoms with Crippen molar-refractivity contribution in [2.75, 3.05) is 18.9 Å². The molecule has 1 N–H and O–H groups in total. The summed E-state index contributed by atoms with van der Waals surface area (Å²) in [6.07, 6.45) is 1.82. The average Bonchev–Trinajstić information content (AvgIpc) is 2.77. The smallest absolute Gasteiger partial charge is 0.340 e. The number of fused-ring (bicyclic) bond motifs is 2. The van der Waals surface area contributed by atoms with Gasteiger partial charge in [0.15, 0.2) is 6.10 Å². The molecule has 4 rings (SSSR count). The number of anilines is 1. The van der Waals surface area contributed by atoms with Crippen LogP contribution in [0.15, 0.2) is 42.6 Å². The summed E-state index contributed by atoms with van der Waals surface area (Å²) in [5.41, 5.74) is 3.92. The number of aromatic nitrogens is 2. The Balaban J connectivity index is 1.65. The number of pyridine rings is 2. The minimum absolute atomic E-state index is 0.356. The predicted octanol–water partition coefficient (Wildman–Crippen LogP) is 3.50. The maximum Gasteiger partial charge on any atom is 0.340 e. The molecular weight excluding hydrogens is 392 g/mol. The van der Waals surface area contributed by atoms with Gasteiger partial charge in [0.2, 0.25) is 0 Å². The van der Waals surface area contributed by atoms with E-state index in [1.54, 1.807) is 12.3 Å². The maximum absolute atomic E-state index is 13.4. The van der Waals surface area contributed by atoms with E-state index in [0.29, 0.717) is 24.3 Å². The van der Waals surface area contributed by atoms with Gasteiger partial charge in [0.1, 0.15) is 5.82 Å². The third-order valence-electron chi connectivity index (χ3n) is 5.60. The number of nitrogens with one attached hydrogen (secondary N) is 1. The van der Waals surface area contributed by atoms with Crippen LogP contribution in [0.3, 0.4) is 0 Å². The Labute approximate surface area is 181 Å². The molecular formula is C24H26N4O3. The molecule has 1 unspecified atom stereocenters. The number of rotatable bonds is 5. The Morgan fingerprint density at radius 3 is 2.81 bits per heavy atom. The third kappa shape index (κ3) is 4.27. The van der Waals surface area contributed by atoms with Crippen LogP contribution < -0.4 is 5.32 Å². The first-order chi connectivity index (χ1) is 15.0. The molecule has 7 nitrogen and oxygen atoms in total. The summed E-state index contributed by atoms with van der Waals surface area (Å²) in [5, 5.41) is 3.52. The Morgan fingerprint density at radius 1 is 1.23 bits per heavy atom. The molecule has 0 aliphatic carbocycles. The normalized spacial score (nSPS) is 14.7. The summed E-state index contributed by atoms with van der Waals surface area (Å²) in [6, 6.07) is 11.2. The predicted molar refractivity (Wildman–Crippen MR) is 119 cm³/mol. The molecule has 0 bridgehead atoms. The van der Waals surface area contributed by atoms with E-state index in [0.717, 1.165) is 40.7 Å². The second kappa shape index (κ2) is 8.81. The van der Waals surface area contributed by atoms with E-state index in [1.807, 2.05) is 51.2 Å². The molecule has 3 aromatic rings. The minimum Gasteiger partial charge on any atom is -0.449 e. The fourth-order valence-corrected chi connectivity index (χ4v) is 3.88. The number of nitrogens with zero attached hydrogens (tertiary/aromatic N) is 3. The first kappa shape index (κ1) is 20.9. The highest BCUT2D eigenvalue weighted by atomic mass is 16.5. The van der Waals surface area contributed by atoms with Crippen LogP contribution in [0.5, 0.6) is 0 Å². The quantitative estimate of drug-likeness (QED) is 0.639. The van der Waals surface area contributed by atoms with Crippen molar-refractivity contribution in [3.63, 3.8) is 0 Å². The van der Waals surface area contributed by atoms with Gasteiger partial charge < -0.3 is 15.0 Å². The third-order valence-corrected chi connectivity index (χ3v) is 5.60. The molecule has 0 spiro atoms. The van der Waals surface area contributed by atoms with Gasteiger partial charge in [0.05, 0.1) is 11.1 Å². The van der Waals surface area contributed by atoms with Crippen molar-refractivity contribution in [1.82, 2.24) is 14.9 Å². The van der Waals surface area contributed by atoms with Crippen molar-refractivity contribution < 1.29 is 14.3 Å². The van der Waals surface area contributed by atoms with E-state index < -0.39 is 12.1 Å². The second-order valence-corrected chi connectivity index (χ2v) is 7.88. The molecule has 2 aromatic heterocycles. The zero-order valence-corrected chi connectivity index (χ0v) is 18.0. The first-order valence-electron chi connectivity index (χ1n) is 10.5. The van der Waals surface area contributed by atoms with E-state index in [1.165, 1.54) is 0 Å². The largest absolute Gasteiger partial charge is 0.449 e. The lowest BCUT2D eigenvalue weighted by molar-refractivity contribution is -0.124. The number of esters is 1. The van der Waals surface area contributed by atoms with Crippen LogP contribution in [0.1, 0.15) is 40.5 Å². The number of carbonyl (C=O) groups is 2. The molecule has 1 amide bonds. The van der Waals surface area contributed by atoms with Crippen molar-refractivity contribution in [1.29, 1.82) is 0 Å². The highest BCUT2D eigenvalue weighted by Crippen LogP contribution is 2.29. The molecule has 160 valence electrons. The summed E-state index contributed by atoms with van der Waals surface area (Å²) >= 11 is 0. The number of benzene rings is 1. The van der Waals surface area contributed by atoms with Crippen molar-refractivity contribution in [3.8, 4) is 0 Å². The molecule has 7 heteroatoms. The standard InChI is InChI=1S/C24H26N4O3/c1-4-20(23(29)27-22-15(2)8-7-12-25-22)31-24(30)21-16-9-5-6-10-18(16)26-19-11-13-28(3)14-17(19)21/h5-10,12,20H,4,11,13-14H2,1-3H3,(H,25,27,29). The second-order valence-electron chi connectivity index (χ2n) is 7.88. The van der Waals surface area contributed by atoms with Crippen LogP contribution in [0.2, 0.25) is 0 Å². The molecule has 1 aliphatic rings. The van der Waals surface area contributed by atoms with E-state index in [4.69, 9.17) is 9.72 Å². The Morgan fingerprint density at radius 2 is 2.03 bits per heavy atom. The van der Waals surface area contributed by atoms with Gasteiger partial charge in [0.25, 0.3) is 5.91 Å². The molecule has 0 fully saturated rings. The number of amides is 1. The van der Waals surface area contributed by atoms with Gasteiger partial charge in [0, 0.05) is 42.4 Å². The van der Waals surface area contributed by atoms with Gasteiger partial charge in [-0.1, -0.05) is 31.2 Å². The van der Waals surface area contributed by atoms with Gasteiger partial charge >= 0.3 is 5.97 Å². The zero-order valence-electron chi connectivity index (χ0n) is 18.0. The SMILES string of the molecule is CCC(OC(=O)c1c2c(nc3ccccc13)CCN(C)C2)C(=O)Nc1ncccc1C. The molecule has 3 heterocycles. The molecule has 31 heavy (non-hydrogen) atoms. The van der Waals surface area contributed by atoms with Gasteiger partial charge in [-0.2, -0.15) is 0 Å².